The van der Waals surface area contributed by atoms with Crippen LogP contribution in [0.3, 0.4) is 0 Å². The summed E-state index contributed by atoms with van der Waals surface area (Å²) < 4.78 is 0. The third kappa shape index (κ3) is 7.25. The molecule has 0 aromatic heterocycles. The van der Waals surface area contributed by atoms with E-state index in [4.69, 9.17) is 5.73 Å². The van der Waals surface area contributed by atoms with Gasteiger partial charge in [-0.2, -0.15) is 0 Å². The molecule has 8 heteroatoms. The van der Waals surface area contributed by atoms with Crippen molar-refractivity contribution in [1.82, 2.24) is 14.7 Å². The van der Waals surface area contributed by atoms with Crippen molar-refractivity contribution < 1.29 is 9.59 Å². The largest absolute Gasteiger partial charge is 0.343 e. The number of hydrogen-bond donors (Lipinski definition) is 1. The first kappa shape index (κ1) is 27.5. The molecule has 176 valence electrons. The van der Waals surface area contributed by atoms with E-state index in [2.05, 4.69) is 11.8 Å². The molecule has 0 bridgehead atoms. The monoisotopic (exact) mass is 464 g/mol. The number of hydrogen-bond acceptors (Lipinski definition) is 4. The minimum absolute atomic E-state index is 0. The Balaban J connectivity index is 0.00000225. The maximum absolute atomic E-state index is 12.9. The number of halogens is 2. The first-order chi connectivity index (χ1) is 13.5. The molecule has 0 aromatic rings. The molecule has 0 spiro atoms. The van der Waals surface area contributed by atoms with Gasteiger partial charge in [0.2, 0.25) is 11.8 Å². The summed E-state index contributed by atoms with van der Waals surface area (Å²) in [6.07, 6.45) is 9.10. The highest BCUT2D eigenvalue weighted by Gasteiger charge is 2.35. The zero-order valence-corrected chi connectivity index (χ0v) is 20.3. The predicted octanol–water partition coefficient (Wildman–Crippen LogP) is 2.92. The van der Waals surface area contributed by atoms with E-state index in [9.17, 15) is 9.59 Å². The number of piperazine rings is 1. The molecule has 1 saturated carbocycles. The number of nitrogens with zero attached hydrogens (tertiary/aromatic N) is 3. The average molecular weight is 466 g/mol. The summed E-state index contributed by atoms with van der Waals surface area (Å²) in [7, 11) is 0. The highest BCUT2D eigenvalue weighted by molar-refractivity contribution is 5.85. The fourth-order valence-corrected chi connectivity index (χ4v) is 5.26. The Morgan fingerprint density at radius 1 is 0.867 bits per heavy atom. The van der Waals surface area contributed by atoms with E-state index in [0.29, 0.717) is 31.2 Å². The Morgan fingerprint density at radius 2 is 1.43 bits per heavy atom. The van der Waals surface area contributed by atoms with Gasteiger partial charge in [-0.25, -0.2) is 0 Å². The Kier molecular flexibility index (Phi) is 12.0. The van der Waals surface area contributed by atoms with Gasteiger partial charge >= 0.3 is 0 Å². The Hall–Kier alpha value is -0.560. The molecule has 2 N–H and O–H groups in total. The Labute approximate surface area is 195 Å². The Bertz CT molecular complexity index is 527. The van der Waals surface area contributed by atoms with E-state index in [1.165, 1.54) is 19.3 Å². The van der Waals surface area contributed by atoms with Gasteiger partial charge in [0.15, 0.2) is 0 Å². The molecule has 0 aromatic carbocycles. The minimum Gasteiger partial charge on any atom is -0.343 e. The molecule has 6 nitrogen and oxygen atoms in total. The quantitative estimate of drug-likeness (QED) is 0.655. The molecule has 1 aliphatic carbocycles. The summed E-state index contributed by atoms with van der Waals surface area (Å²) in [6.45, 7) is 9.22. The van der Waals surface area contributed by atoms with Gasteiger partial charge < -0.3 is 20.4 Å². The van der Waals surface area contributed by atoms with Crippen molar-refractivity contribution in [1.29, 1.82) is 0 Å². The van der Waals surface area contributed by atoms with E-state index < -0.39 is 0 Å². The maximum atomic E-state index is 12.9. The van der Waals surface area contributed by atoms with Gasteiger partial charge in [-0.3, -0.25) is 9.59 Å². The standard InChI is InChI=1S/C22H40N4O2.2ClH/c1-2-24-12-14-26(15-13-24)20(27)16-19-6-10-25(11-7-19)21(28)17-22(18-23)8-4-3-5-9-22;;/h19H,2-18,23H2,1H3;2*1H. The van der Waals surface area contributed by atoms with Crippen molar-refractivity contribution in [3.63, 3.8) is 0 Å². The summed E-state index contributed by atoms with van der Waals surface area (Å²) in [4.78, 5) is 32.0. The number of likely N-dealkylation sites (N-methyl/N-ethyl adjacent to an activating group) is 1. The smallest absolute Gasteiger partial charge is 0.223 e. The summed E-state index contributed by atoms with van der Waals surface area (Å²) in [5, 5.41) is 0. The lowest BCUT2D eigenvalue weighted by atomic mass is 9.71. The number of nitrogens with two attached hydrogens (primary N) is 1. The number of rotatable bonds is 6. The second kappa shape index (κ2) is 13.1. The van der Waals surface area contributed by atoms with Gasteiger partial charge in [0.05, 0.1) is 0 Å². The van der Waals surface area contributed by atoms with Crippen LogP contribution in [-0.4, -0.2) is 78.9 Å². The van der Waals surface area contributed by atoms with Gasteiger partial charge in [0.1, 0.15) is 0 Å². The maximum Gasteiger partial charge on any atom is 0.223 e. The SMILES string of the molecule is CCN1CCN(C(=O)CC2CCN(C(=O)CC3(CN)CCCCC3)CC2)CC1.Cl.Cl. The molecule has 2 aliphatic heterocycles. The molecular weight excluding hydrogens is 423 g/mol. The molecule has 2 heterocycles. The highest BCUT2D eigenvalue weighted by Crippen LogP contribution is 2.39. The molecule has 3 fully saturated rings. The van der Waals surface area contributed by atoms with Crippen LogP contribution in [-0.2, 0) is 9.59 Å². The zero-order valence-electron chi connectivity index (χ0n) is 18.7. The van der Waals surface area contributed by atoms with Crippen LogP contribution in [0.1, 0.15) is 64.7 Å². The molecule has 0 radical (unpaired) electrons. The first-order valence-corrected chi connectivity index (χ1v) is 11.5. The number of carbonyl (C=O) groups is 2. The third-order valence-corrected chi connectivity index (χ3v) is 7.48. The normalized spacial score (nSPS) is 22.7. The molecule has 0 atom stereocenters. The highest BCUT2D eigenvalue weighted by atomic mass is 35.5. The van der Waals surface area contributed by atoms with Crippen molar-refractivity contribution >= 4 is 36.6 Å². The summed E-state index contributed by atoms with van der Waals surface area (Å²) >= 11 is 0. The first-order valence-electron chi connectivity index (χ1n) is 11.5. The topological polar surface area (TPSA) is 69.9 Å². The molecule has 3 aliphatic rings. The molecule has 3 rings (SSSR count). The lowest BCUT2D eigenvalue weighted by Crippen LogP contribution is -2.49. The van der Waals surface area contributed by atoms with Crippen LogP contribution in [0.2, 0.25) is 0 Å². The van der Waals surface area contributed by atoms with Gasteiger partial charge in [-0.1, -0.05) is 26.2 Å². The number of likely N-dealkylation sites (tertiary alicyclic amines) is 1. The summed E-state index contributed by atoms with van der Waals surface area (Å²) in [5.41, 5.74) is 6.11. The average Bonchev–Trinajstić information content (AvgIpc) is 2.75. The minimum atomic E-state index is 0. The van der Waals surface area contributed by atoms with Crippen molar-refractivity contribution in [3.8, 4) is 0 Å². The van der Waals surface area contributed by atoms with Crippen LogP contribution in [0.15, 0.2) is 0 Å². The lowest BCUT2D eigenvalue weighted by Gasteiger charge is -2.39. The van der Waals surface area contributed by atoms with Crippen LogP contribution in [0.5, 0.6) is 0 Å². The van der Waals surface area contributed by atoms with E-state index in [1.807, 2.05) is 9.80 Å². The van der Waals surface area contributed by atoms with Crippen LogP contribution in [0.25, 0.3) is 0 Å². The molecule has 2 amide bonds. The van der Waals surface area contributed by atoms with Crippen molar-refractivity contribution in [2.24, 2.45) is 17.1 Å². The van der Waals surface area contributed by atoms with Crippen molar-refractivity contribution in [2.45, 2.75) is 64.7 Å². The molecule has 30 heavy (non-hydrogen) atoms. The molecule has 0 unspecified atom stereocenters. The van der Waals surface area contributed by atoms with Crippen LogP contribution in [0, 0.1) is 11.3 Å². The van der Waals surface area contributed by atoms with Gasteiger partial charge in [0, 0.05) is 52.1 Å². The fraction of sp³-hybridized carbons (Fsp3) is 0.909. The summed E-state index contributed by atoms with van der Waals surface area (Å²) in [6, 6.07) is 0. The lowest BCUT2D eigenvalue weighted by molar-refractivity contribution is -0.136. The second-order valence-electron chi connectivity index (χ2n) is 9.28. The van der Waals surface area contributed by atoms with Gasteiger partial charge in [0.25, 0.3) is 0 Å². The van der Waals surface area contributed by atoms with Crippen molar-refractivity contribution in [3.05, 3.63) is 0 Å². The number of piperidine rings is 1. The predicted molar refractivity (Wildman–Crippen MR) is 126 cm³/mol. The van der Waals surface area contributed by atoms with E-state index in [-0.39, 0.29) is 36.1 Å². The molecule has 2 saturated heterocycles. The summed E-state index contributed by atoms with van der Waals surface area (Å²) in [5.74, 6) is 1.02. The fourth-order valence-electron chi connectivity index (χ4n) is 5.26. The number of carbonyl (C=O) groups excluding carboxylic acids is 2. The van der Waals surface area contributed by atoms with Crippen LogP contribution >= 0.6 is 24.8 Å². The second-order valence-corrected chi connectivity index (χ2v) is 9.28. The van der Waals surface area contributed by atoms with Crippen molar-refractivity contribution in [2.75, 3.05) is 52.4 Å². The van der Waals surface area contributed by atoms with Crippen LogP contribution in [0.4, 0.5) is 0 Å². The Morgan fingerprint density at radius 3 is 1.97 bits per heavy atom. The van der Waals surface area contributed by atoms with E-state index in [0.717, 1.165) is 71.5 Å². The third-order valence-electron chi connectivity index (χ3n) is 7.48. The van der Waals surface area contributed by atoms with Crippen LogP contribution < -0.4 is 5.73 Å². The van der Waals surface area contributed by atoms with Gasteiger partial charge in [-0.15, -0.1) is 24.8 Å². The molecular formula is C22H42Cl2N4O2. The van der Waals surface area contributed by atoms with Gasteiger partial charge in [-0.05, 0) is 50.1 Å². The zero-order chi connectivity index (χ0) is 20.0. The number of amides is 2. The van der Waals surface area contributed by atoms with E-state index in [1.54, 1.807) is 0 Å². The van der Waals surface area contributed by atoms with E-state index >= 15 is 0 Å².